The van der Waals surface area contributed by atoms with Crippen molar-refractivity contribution < 1.29 is 14.0 Å². The molecule has 1 atom stereocenters. The molecule has 0 spiro atoms. The van der Waals surface area contributed by atoms with Crippen molar-refractivity contribution in [3.05, 3.63) is 80.4 Å². The first-order valence-electron chi connectivity index (χ1n) is 10.5. The summed E-state index contributed by atoms with van der Waals surface area (Å²) in [6, 6.07) is 12.7. The van der Waals surface area contributed by atoms with Gasteiger partial charge in [-0.1, -0.05) is 49.6 Å². The molecule has 1 N–H and O–H groups in total. The second-order valence-corrected chi connectivity index (χ2v) is 9.74. The van der Waals surface area contributed by atoms with Crippen LogP contribution in [0.2, 0.25) is 0 Å². The minimum atomic E-state index is -1.04. The van der Waals surface area contributed by atoms with Gasteiger partial charge in [-0.05, 0) is 41.8 Å². The fourth-order valence-electron chi connectivity index (χ4n) is 4.07. The summed E-state index contributed by atoms with van der Waals surface area (Å²) in [6.07, 6.45) is 5.15. The second kappa shape index (κ2) is 10.2. The van der Waals surface area contributed by atoms with Crippen LogP contribution in [0, 0.1) is 5.82 Å². The highest BCUT2D eigenvalue weighted by molar-refractivity contribution is 7.12. The van der Waals surface area contributed by atoms with E-state index < -0.39 is 11.9 Å². The van der Waals surface area contributed by atoms with Crippen molar-refractivity contribution in [1.29, 1.82) is 0 Å². The van der Waals surface area contributed by atoms with E-state index in [0.717, 1.165) is 30.6 Å². The zero-order valence-electron chi connectivity index (χ0n) is 17.1. The summed E-state index contributed by atoms with van der Waals surface area (Å²) in [4.78, 5) is 30.0. The monoisotopic (exact) mass is 456 g/mol. The molecule has 1 unspecified atom stereocenters. The third kappa shape index (κ3) is 5.22. The molecule has 162 valence electrons. The zero-order valence-corrected chi connectivity index (χ0v) is 18.8. The van der Waals surface area contributed by atoms with Crippen LogP contribution in [0.3, 0.4) is 0 Å². The van der Waals surface area contributed by atoms with E-state index in [9.17, 15) is 14.0 Å². The number of rotatable bonds is 7. The Morgan fingerprint density at radius 2 is 1.74 bits per heavy atom. The van der Waals surface area contributed by atoms with Crippen molar-refractivity contribution in [2.45, 2.75) is 50.7 Å². The molecule has 2 aromatic heterocycles. The molecular formula is C24H25FN2O2S2. The maximum Gasteiger partial charge on any atom is 0.265 e. The van der Waals surface area contributed by atoms with Crippen LogP contribution in [0.4, 0.5) is 4.39 Å². The van der Waals surface area contributed by atoms with E-state index in [2.05, 4.69) is 5.32 Å². The van der Waals surface area contributed by atoms with Gasteiger partial charge in [-0.25, -0.2) is 4.39 Å². The smallest absolute Gasteiger partial charge is 0.265 e. The van der Waals surface area contributed by atoms with Crippen LogP contribution in [0.15, 0.2) is 59.3 Å². The predicted octanol–water partition coefficient (Wildman–Crippen LogP) is 5.78. The van der Waals surface area contributed by atoms with E-state index in [0.29, 0.717) is 4.88 Å². The number of carbonyl (C=O) groups excluding carboxylic acids is 2. The average Bonchev–Trinajstić information content (AvgIpc) is 3.49. The number of nitrogens with one attached hydrogen (secondary N) is 1. The number of carbonyl (C=O) groups is 2. The lowest BCUT2D eigenvalue weighted by Crippen LogP contribution is -2.47. The van der Waals surface area contributed by atoms with Crippen molar-refractivity contribution >= 4 is 34.5 Å². The van der Waals surface area contributed by atoms with Crippen molar-refractivity contribution in [2.24, 2.45) is 0 Å². The van der Waals surface area contributed by atoms with Crippen LogP contribution in [0.1, 0.15) is 58.3 Å². The fourth-order valence-corrected chi connectivity index (χ4v) is 5.45. The lowest BCUT2D eigenvalue weighted by Gasteiger charge is -2.33. The van der Waals surface area contributed by atoms with Crippen LogP contribution in [0.5, 0.6) is 0 Å². The second-order valence-electron chi connectivity index (χ2n) is 7.76. The summed E-state index contributed by atoms with van der Waals surface area (Å²) in [5.41, 5.74) is 0.220. The van der Waals surface area contributed by atoms with Crippen LogP contribution < -0.4 is 5.32 Å². The summed E-state index contributed by atoms with van der Waals surface area (Å²) in [7, 11) is 0. The maximum absolute atomic E-state index is 14.9. The summed E-state index contributed by atoms with van der Waals surface area (Å²) >= 11 is 2.84. The molecule has 1 aliphatic carbocycles. The number of hydrogen-bond acceptors (Lipinski definition) is 4. The molecule has 7 heteroatoms. The molecule has 0 saturated heterocycles. The predicted molar refractivity (Wildman–Crippen MR) is 123 cm³/mol. The minimum Gasteiger partial charge on any atom is -0.351 e. The molecule has 1 aromatic carbocycles. The van der Waals surface area contributed by atoms with Crippen molar-refractivity contribution in [2.75, 3.05) is 0 Å². The Hall–Kier alpha value is -2.51. The first-order chi connectivity index (χ1) is 15.1. The fraction of sp³-hybridized carbons (Fsp3) is 0.333. The molecule has 1 fully saturated rings. The van der Waals surface area contributed by atoms with Gasteiger partial charge in [-0.3, -0.25) is 9.59 Å². The molecule has 0 aliphatic heterocycles. The van der Waals surface area contributed by atoms with Gasteiger partial charge in [0.05, 0.1) is 11.4 Å². The van der Waals surface area contributed by atoms with Gasteiger partial charge in [0.1, 0.15) is 11.9 Å². The van der Waals surface area contributed by atoms with Crippen LogP contribution in [0.25, 0.3) is 0 Å². The highest BCUT2D eigenvalue weighted by Gasteiger charge is 2.35. The van der Waals surface area contributed by atoms with Gasteiger partial charge in [-0.2, -0.15) is 0 Å². The molecule has 31 heavy (non-hydrogen) atoms. The lowest BCUT2D eigenvalue weighted by atomic mass is 9.94. The molecule has 4 rings (SSSR count). The average molecular weight is 457 g/mol. The Bertz CT molecular complexity index is 999. The molecule has 3 aromatic rings. The summed E-state index contributed by atoms with van der Waals surface area (Å²) in [5.74, 6) is -1.07. The number of benzene rings is 1. The SMILES string of the molecule is O=C(NC1CCCCC1)C(c1ccccc1F)N(Cc1cccs1)C(=O)c1cccs1. The van der Waals surface area contributed by atoms with Gasteiger partial charge >= 0.3 is 0 Å². The van der Waals surface area contributed by atoms with Gasteiger partial charge < -0.3 is 10.2 Å². The summed E-state index contributed by atoms with van der Waals surface area (Å²) in [6.45, 7) is 0.242. The number of thiophene rings is 2. The number of amides is 2. The van der Waals surface area contributed by atoms with Crippen molar-refractivity contribution in [3.63, 3.8) is 0 Å². The first-order valence-corrected chi connectivity index (χ1v) is 12.3. The van der Waals surface area contributed by atoms with Gasteiger partial charge in [0, 0.05) is 16.5 Å². The number of nitrogens with zero attached hydrogens (tertiary/aromatic N) is 1. The first kappa shape index (κ1) is 21.7. The van der Waals surface area contributed by atoms with Crippen molar-refractivity contribution in [3.8, 4) is 0 Å². The molecule has 0 radical (unpaired) electrons. The van der Waals surface area contributed by atoms with E-state index in [1.54, 1.807) is 30.3 Å². The van der Waals surface area contributed by atoms with E-state index >= 15 is 0 Å². The summed E-state index contributed by atoms with van der Waals surface area (Å²) in [5, 5.41) is 6.88. The Kier molecular flexibility index (Phi) is 7.14. The van der Waals surface area contributed by atoms with Gasteiger partial charge in [-0.15, -0.1) is 22.7 Å². The summed E-state index contributed by atoms with van der Waals surface area (Å²) < 4.78 is 14.9. The van der Waals surface area contributed by atoms with Crippen LogP contribution in [-0.4, -0.2) is 22.8 Å². The molecule has 2 heterocycles. The van der Waals surface area contributed by atoms with E-state index in [1.165, 1.54) is 40.1 Å². The molecule has 1 saturated carbocycles. The Labute approximate surface area is 189 Å². The Morgan fingerprint density at radius 3 is 2.42 bits per heavy atom. The standard InChI is InChI=1S/C24H25FN2O2S2/c25-20-12-5-4-11-19(20)22(23(28)26-17-8-2-1-3-9-17)27(16-18-10-6-14-30-18)24(29)21-13-7-15-31-21/h4-7,10-15,17,22H,1-3,8-9,16H2,(H,26,28). The van der Waals surface area contributed by atoms with Gasteiger partial charge in [0.2, 0.25) is 5.91 Å². The lowest BCUT2D eigenvalue weighted by molar-refractivity contribution is -0.127. The third-order valence-corrected chi connectivity index (χ3v) is 7.33. The quantitative estimate of drug-likeness (QED) is 0.490. The molecule has 4 nitrogen and oxygen atoms in total. The highest BCUT2D eigenvalue weighted by atomic mass is 32.1. The van der Waals surface area contributed by atoms with Gasteiger partial charge in [0.25, 0.3) is 5.91 Å². The molecular weight excluding hydrogens is 431 g/mol. The van der Waals surface area contributed by atoms with Crippen LogP contribution >= 0.6 is 22.7 Å². The molecule has 0 bridgehead atoms. The largest absolute Gasteiger partial charge is 0.351 e. The van der Waals surface area contributed by atoms with E-state index in [1.807, 2.05) is 22.9 Å². The Balaban J connectivity index is 1.72. The zero-order chi connectivity index (χ0) is 21.6. The molecule has 1 aliphatic rings. The highest BCUT2D eigenvalue weighted by Crippen LogP contribution is 2.30. The van der Waals surface area contributed by atoms with E-state index in [-0.39, 0.29) is 30.0 Å². The molecule has 2 amide bonds. The Morgan fingerprint density at radius 1 is 1.00 bits per heavy atom. The van der Waals surface area contributed by atoms with E-state index in [4.69, 9.17) is 0 Å². The normalized spacial score (nSPS) is 15.4. The van der Waals surface area contributed by atoms with Crippen molar-refractivity contribution in [1.82, 2.24) is 10.2 Å². The maximum atomic E-state index is 14.9. The van der Waals surface area contributed by atoms with Crippen LogP contribution in [-0.2, 0) is 11.3 Å². The third-order valence-electron chi connectivity index (χ3n) is 5.61. The number of halogens is 1. The minimum absolute atomic E-state index is 0.0657. The topological polar surface area (TPSA) is 49.4 Å². The number of hydrogen-bond donors (Lipinski definition) is 1. The van der Waals surface area contributed by atoms with Gasteiger partial charge in [0.15, 0.2) is 0 Å².